The highest BCUT2D eigenvalue weighted by atomic mass is 16.2. The Morgan fingerprint density at radius 2 is 1.86 bits per heavy atom. The van der Waals surface area contributed by atoms with Gasteiger partial charge in [-0.3, -0.25) is 0 Å². The number of rotatable bonds is 6. The standard InChI is InChI=1S/C19H30N2O/c1-16(2)21(15-18-11-7-4-8-12-18)19(22)20-14-13-17-9-5-3-6-10-17/h4,7-8,11-12,16-17H,3,5-6,9-10,13-15H2,1-2H3,(H,20,22). The van der Waals surface area contributed by atoms with Gasteiger partial charge >= 0.3 is 6.03 Å². The number of urea groups is 1. The molecule has 0 saturated heterocycles. The first-order valence-corrected chi connectivity index (χ1v) is 8.75. The van der Waals surface area contributed by atoms with E-state index in [2.05, 4.69) is 31.3 Å². The van der Waals surface area contributed by atoms with Crippen LogP contribution in [-0.2, 0) is 6.54 Å². The van der Waals surface area contributed by atoms with Crippen molar-refractivity contribution >= 4 is 6.03 Å². The zero-order chi connectivity index (χ0) is 15.8. The number of carbonyl (C=O) groups is 1. The van der Waals surface area contributed by atoms with Gasteiger partial charge in [0, 0.05) is 19.1 Å². The summed E-state index contributed by atoms with van der Waals surface area (Å²) in [5, 5.41) is 3.12. The molecule has 1 aliphatic carbocycles. The molecule has 3 heteroatoms. The SMILES string of the molecule is CC(C)N(Cc1ccccc1)C(=O)NCCC1CCCCC1. The molecular formula is C19H30N2O. The van der Waals surface area contributed by atoms with Crippen LogP contribution in [0.3, 0.4) is 0 Å². The van der Waals surface area contributed by atoms with Crippen molar-refractivity contribution in [3.63, 3.8) is 0 Å². The van der Waals surface area contributed by atoms with Gasteiger partial charge in [0.05, 0.1) is 0 Å². The zero-order valence-corrected chi connectivity index (χ0v) is 14.1. The van der Waals surface area contributed by atoms with Gasteiger partial charge in [0.25, 0.3) is 0 Å². The second-order valence-electron chi connectivity index (χ2n) is 6.73. The molecule has 0 aliphatic heterocycles. The van der Waals surface area contributed by atoms with Crippen molar-refractivity contribution < 1.29 is 4.79 Å². The second-order valence-corrected chi connectivity index (χ2v) is 6.73. The smallest absolute Gasteiger partial charge is 0.317 e. The van der Waals surface area contributed by atoms with Crippen LogP contribution in [0.2, 0.25) is 0 Å². The summed E-state index contributed by atoms with van der Waals surface area (Å²) in [4.78, 5) is 14.4. The Labute approximate surface area is 135 Å². The van der Waals surface area contributed by atoms with Gasteiger partial charge in [-0.1, -0.05) is 62.4 Å². The van der Waals surface area contributed by atoms with E-state index in [0.717, 1.165) is 18.9 Å². The minimum Gasteiger partial charge on any atom is -0.338 e. The van der Waals surface area contributed by atoms with Crippen LogP contribution in [0.4, 0.5) is 4.79 Å². The Bertz CT molecular complexity index is 438. The molecule has 1 aromatic carbocycles. The van der Waals surface area contributed by atoms with Gasteiger partial charge in [-0.15, -0.1) is 0 Å². The lowest BCUT2D eigenvalue weighted by molar-refractivity contribution is 0.178. The molecule has 22 heavy (non-hydrogen) atoms. The lowest BCUT2D eigenvalue weighted by Gasteiger charge is -2.28. The molecule has 0 radical (unpaired) electrons. The van der Waals surface area contributed by atoms with Crippen LogP contribution >= 0.6 is 0 Å². The van der Waals surface area contributed by atoms with Gasteiger partial charge < -0.3 is 10.2 Å². The molecule has 3 nitrogen and oxygen atoms in total. The molecule has 0 bridgehead atoms. The summed E-state index contributed by atoms with van der Waals surface area (Å²) in [7, 11) is 0. The van der Waals surface area contributed by atoms with Crippen molar-refractivity contribution in [2.24, 2.45) is 5.92 Å². The van der Waals surface area contributed by atoms with Gasteiger partial charge in [-0.05, 0) is 31.7 Å². The van der Waals surface area contributed by atoms with E-state index >= 15 is 0 Å². The Balaban J connectivity index is 1.79. The largest absolute Gasteiger partial charge is 0.338 e. The zero-order valence-electron chi connectivity index (χ0n) is 14.1. The number of hydrogen-bond acceptors (Lipinski definition) is 1. The number of amides is 2. The van der Waals surface area contributed by atoms with Crippen molar-refractivity contribution in [3.05, 3.63) is 35.9 Å². The predicted octanol–water partition coefficient (Wildman–Crippen LogP) is 4.58. The summed E-state index contributed by atoms with van der Waals surface area (Å²) >= 11 is 0. The molecule has 0 unspecified atom stereocenters. The van der Waals surface area contributed by atoms with Crippen molar-refractivity contribution in [3.8, 4) is 0 Å². The quantitative estimate of drug-likeness (QED) is 0.819. The summed E-state index contributed by atoms with van der Waals surface area (Å²) in [5.74, 6) is 0.815. The molecule has 2 amide bonds. The van der Waals surface area contributed by atoms with E-state index in [1.165, 1.54) is 37.7 Å². The fourth-order valence-electron chi connectivity index (χ4n) is 3.23. The average molecular weight is 302 g/mol. The lowest BCUT2D eigenvalue weighted by Crippen LogP contribution is -2.44. The maximum absolute atomic E-state index is 12.4. The van der Waals surface area contributed by atoms with Crippen LogP contribution in [0.5, 0.6) is 0 Å². The molecule has 1 fully saturated rings. The summed E-state index contributed by atoms with van der Waals surface area (Å²) in [6.45, 7) is 5.63. The van der Waals surface area contributed by atoms with E-state index in [1.807, 2.05) is 23.1 Å². The predicted molar refractivity (Wildman–Crippen MR) is 91.7 cm³/mol. The van der Waals surface area contributed by atoms with Crippen LogP contribution in [0.15, 0.2) is 30.3 Å². The molecule has 0 heterocycles. The molecule has 1 N–H and O–H groups in total. The minimum atomic E-state index is 0.0645. The summed E-state index contributed by atoms with van der Waals surface area (Å²) < 4.78 is 0. The third-order valence-corrected chi connectivity index (χ3v) is 4.63. The molecule has 1 aliphatic rings. The van der Waals surface area contributed by atoms with Crippen LogP contribution < -0.4 is 5.32 Å². The van der Waals surface area contributed by atoms with E-state index < -0.39 is 0 Å². The molecule has 0 spiro atoms. The monoisotopic (exact) mass is 302 g/mol. The Morgan fingerprint density at radius 3 is 2.50 bits per heavy atom. The summed E-state index contributed by atoms with van der Waals surface area (Å²) in [6.07, 6.45) is 7.93. The fourth-order valence-corrected chi connectivity index (χ4v) is 3.23. The highest BCUT2D eigenvalue weighted by Gasteiger charge is 2.18. The molecule has 122 valence electrons. The summed E-state index contributed by atoms with van der Waals surface area (Å²) in [6, 6.07) is 10.5. The molecule has 0 aromatic heterocycles. The van der Waals surface area contributed by atoms with Crippen molar-refractivity contribution in [2.45, 2.75) is 65.0 Å². The third kappa shape index (κ3) is 5.36. The van der Waals surface area contributed by atoms with Crippen molar-refractivity contribution in [1.29, 1.82) is 0 Å². The van der Waals surface area contributed by atoms with Gasteiger partial charge in [-0.25, -0.2) is 4.79 Å². The summed E-state index contributed by atoms with van der Waals surface area (Å²) in [5.41, 5.74) is 1.18. The molecular weight excluding hydrogens is 272 g/mol. The van der Waals surface area contributed by atoms with Crippen LogP contribution in [0, 0.1) is 5.92 Å². The maximum Gasteiger partial charge on any atom is 0.317 e. The van der Waals surface area contributed by atoms with E-state index in [9.17, 15) is 4.79 Å². The second kappa shape index (κ2) is 8.82. The number of benzene rings is 1. The molecule has 1 saturated carbocycles. The molecule has 0 atom stereocenters. The van der Waals surface area contributed by atoms with Crippen molar-refractivity contribution in [1.82, 2.24) is 10.2 Å². The molecule has 1 aromatic rings. The lowest BCUT2D eigenvalue weighted by atomic mass is 9.87. The van der Waals surface area contributed by atoms with Crippen LogP contribution in [-0.4, -0.2) is 23.5 Å². The number of nitrogens with one attached hydrogen (secondary N) is 1. The van der Waals surface area contributed by atoms with Gasteiger partial charge in [0.15, 0.2) is 0 Å². The first-order valence-electron chi connectivity index (χ1n) is 8.75. The topological polar surface area (TPSA) is 32.3 Å². The van der Waals surface area contributed by atoms with Gasteiger partial charge in [0.1, 0.15) is 0 Å². The van der Waals surface area contributed by atoms with E-state index in [0.29, 0.717) is 6.54 Å². The number of nitrogens with zero attached hydrogens (tertiary/aromatic N) is 1. The van der Waals surface area contributed by atoms with Gasteiger partial charge in [0.2, 0.25) is 0 Å². The fraction of sp³-hybridized carbons (Fsp3) is 0.632. The van der Waals surface area contributed by atoms with Crippen LogP contribution in [0.1, 0.15) is 57.9 Å². The normalized spacial score (nSPS) is 15.8. The van der Waals surface area contributed by atoms with E-state index in [1.54, 1.807) is 0 Å². The van der Waals surface area contributed by atoms with Gasteiger partial charge in [-0.2, -0.15) is 0 Å². The Morgan fingerprint density at radius 1 is 1.18 bits per heavy atom. The average Bonchev–Trinajstić information content (AvgIpc) is 2.54. The third-order valence-electron chi connectivity index (χ3n) is 4.63. The number of hydrogen-bond donors (Lipinski definition) is 1. The Hall–Kier alpha value is -1.51. The molecule has 2 rings (SSSR count). The highest BCUT2D eigenvalue weighted by molar-refractivity contribution is 5.74. The maximum atomic E-state index is 12.4. The first-order chi connectivity index (χ1) is 10.7. The first kappa shape index (κ1) is 16.9. The minimum absolute atomic E-state index is 0.0645. The van der Waals surface area contributed by atoms with E-state index in [-0.39, 0.29) is 12.1 Å². The van der Waals surface area contributed by atoms with Crippen LogP contribution in [0.25, 0.3) is 0 Å². The number of carbonyl (C=O) groups excluding carboxylic acids is 1. The highest BCUT2D eigenvalue weighted by Crippen LogP contribution is 2.25. The van der Waals surface area contributed by atoms with E-state index in [4.69, 9.17) is 0 Å². The Kier molecular flexibility index (Phi) is 6.75. The van der Waals surface area contributed by atoms with Crippen molar-refractivity contribution in [2.75, 3.05) is 6.54 Å².